The number of hydrogen-bond acceptors (Lipinski definition) is 4. The van der Waals surface area contributed by atoms with Crippen molar-refractivity contribution in [3.63, 3.8) is 0 Å². The van der Waals surface area contributed by atoms with Crippen LogP contribution in [0.4, 0.5) is 28.4 Å². The summed E-state index contributed by atoms with van der Waals surface area (Å²) >= 11 is 3.63. The second kappa shape index (κ2) is 15.4. The number of hydrogen-bond donors (Lipinski definition) is 0. The Hall–Kier alpha value is -6.66. The van der Waals surface area contributed by atoms with Gasteiger partial charge in [-0.1, -0.05) is 128 Å². The maximum atomic E-state index is 2.45. The van der Waals surface area contributed by atoms with Crippen LogP contribution in [0.5, 0.6) is 0 Å². The Balaban J connectivity index is 0.979. The topological polar surface area (TPSA) is 11.4 Å². The van der Waals surface area contributed by atoms with Crippen LogP contribution in [0.3, 0.4) is 0 Å². The molecule has 294 valence electrons. The van der Waals surface area contributed by atoms with Gasteiger partial charge in [-0.05, 0) is 133 Å². The lowest BCUT2D eigenvalue weighted by atomic mass is 9.76. The predicted octanol–water partition coefficient (Wildman–Crippen LogP) is 16.0. The minimum absolute atomic E-state index is 0.171. The Kier molecular flexibility index (Phi) is 9.44. The Bertz CT molecular complexity index is 3100. The monoisotopic (exact) mass is 821 g/mol. The van der Waals surface area contributed by atoms with Crippen molar-refractivity contribution in [2.24, 2.45) is 0 Å². The predicted molar refractivity (Wildman–Crippen MR) is 261 cm³/mol. The van der Waals surface area contributed by atoms with E-state index in [1.165, 1.54) is 75.9 Å². The molecule has 2 aliphatic rings. The Morgan fingerprint density at radius 1 is 0.574 bits per heavy atom. The summed E-state index contributed by atoms with van der Waals surface area (Å²) in [5.74, 6) is 0. The smallest absolute Gasteiger partial charge is 0.0601 e. The first kappa shape index (κ1) is 37.3. The van der Waals surface area contributed by atoms with Crippen molar-refractivity contribution < 1.29 is 0 Å². The zero-order chi connectivity index (χ0) is 40.9. The van der Waals surface area contributed by atoms with Crippen molar-refractivity contribution in [1.82, 2.24) is 4.57 Å². The zero-order valence-corrected chi connectivity index (χ0v) is 35.7. The maximum Gasteiger partial charge on any atom is 0.0601 e. The summed E-state index contributed by atoms with van der Waals surface area (Å²) in [7, 11) is 0. The van der Waals surface area contributed by atoms with Gasteiger partial charge < -0.3 is 14.4 Å². The highest BCUT2D eigenvalue weighted by atomic mass is 32.2. The second-order valence-electron chi connectivity index (χ2n) is 16.0. The Labute approximate surface area is 366 Å². The molecule has 1 aliphatic heterocycles. The van der Waals surface area contributed by atoms with Crippen molar-refractivity contribution in [2.75, 3.05) is 16.1 Å². The van der Waals surface area contributed by atoms with E-state index in [9.17, 15) is 0 Å². The molecule has 0 fully saturated rings. The average molecular weight is 822 g/mol. The molecule has 2 heterocycles. The number of nitrogens with zero attached hydrogens (tertiary/aromatic N) is 3. The molecule has 1 unspecified atom stereocenters. The van der Waals surface area contributed by atoms with Crippen LogP contribution in [-0.4, -0.2) is 10.8 Å². The van der Waals surface area contributed by atoms with E-state index in [1.54, 1.807) is 11.8 Å². The Morgan fingerprint density at radius 3 is 1.85 bits per heavy atom. The van der Waals surface area contributed by atoms with Gasteiger partial charge in [0, 0.05) is 53.6 Å². The van der Waals surface area contributed by atoms with E-state index in [2.05, 4.69) is 240 Å². The van der Waals surface area contributed by atoms with E-state index in [0.717, 1.165) is 23.5 Å². The molecule has 1 aromatic heterocycles. The summed E-state index contributed by atoms with van der Waals surface area (Å²) in [6, 6.07) is 70.7. The Morgan fingerprint density at radius 2 is 1.16 bits per heavy atom. The molecule has 0 saturated heterocycles. The molecule has 8 aromatic carbocycles. The minimum atomic E-state index is -0.171. The van der Waals surface area contributed by atoms with Crippen LogP contribution in [0.2, 0.25) is 0 Å². The largest absolute Gasteiger partial charge is 0.309 e. The summed E-state index contributed by atoms with van der Waals surface area (Å²) in [4.78, 5) is 8.60. The van der Waals surface area contributed by atoms with Gasteiger partial charge in [0.15, 0.2) is 0 Å². The van der Waals surface area contributed by atoms with E-state index in [1.807, 2.05) is 11.8 Å². The van der Waals surface area contributed by atoms with Crippen LogP contribution >= 0.6 is 23.5 Å². The van der Waals surface area contributed by atoms with Gasteiger partial charge in [0.1, 0.15) is 0 Å². The normalized spacial score (nSPS) is 15.7. The molecule has 3 nitrogen and oxygen atoms in total. The van der Waals surface area contributed by atoms with E-state index < -0.39 is 0 Å². The molecule has 0 spiro atoms. The first-order valence-electron chi connectivity index (χ1n) is 20.8. The lowest BCUT2D eigenvalue weighted by Crippen LogP contribution is -2.25. The fraction of sp³-hybridized carbons (Fsp3) is 0.0714. The molecule has 0 radical (unpaired) electrons. The van der Waals surface area contributed by atoms with Gasteiger partial charge in [-0.15, -0.1) is 11.8 Å². The highest BCUT2D eigenvalue weighted by Gasteiger charge is 2.31. The fourth-order valence-electron chi connectivity index (χ4n) is 9.12. The van der Waals surface area contributed by atoms with Crippen LogP contribution in [0.25, 0.3) is 38.6 Å². The van der Waals surface area contributed by atoms with Crippen molar-refractivity contribution in [3.05, 3.63) is 224 Å². The van der Waals surface area contributed by atoms with Crippen LogP contribution in [0.1, 0.15) is 18.9 Å². The average Bonchev–Trinajstić information content (AvgIpc) is 3.65. The van der Waals surface area contributed by atoms with E-state index >= 15 is 0 Å². The van der Waals surface area contributed by atoms with Crippen LogP contribution in [-0.2, 0) is 5.41 Å². The van der Waals surface area contributed by atoms with Crippen molar-refractivity contribution >= 4 is 73.8 Å². The number of benzene rings is 8. The van der Waals surface area contributed by atoms with Crippen LogP contribution in [0, 0.1) is 0 Å². The van der Waals surface area contributed by atoms with Gasteiger partial charge in [-0.2, -0.15) is 0 Å². The summed E-state index contributed by atoms with van der Waals surface area (Å²) in [6.07, 6.45) is 10.2. The number of para-hydroxylation sites is 5. The molecule has 0 N–H and O–H groups in total. The van der Waals surface area contributed by atoms with E-state index in [-0.39, 0.29) is 5.41 Å². The van der Waals surface area contributed by atoms with Crippen LogP contribution in [0.15, 0.2) is 233 Å². The molecule has 1 aliphatic carbocycles. The van der Waals surface area contributed by atoms with Gasteiger partial charge >= 0.3 is 0 Å². The maximum absolute atomic E-state index is 2.45. The van der Waals surface area contributed by atoms with Gasteiger partial charge in [0.2, 0.25) is 0 Å². The number of fused-ring (bicyclic) bond motifs is 5. The lowest BCUT2D eigenvalue weighted by Gasteiger charge is -2.36. The quantitative estimate of drug-likeness (QED) is 0.141. The number of anilines is 5. The van der Waals surface area contributed by atoms with Crippen molar-refractivity contribution in [2.45, 2.75) is 33.4 Å². The number of allylic oxidation sites excluding steroid dienone is 3. The van der Waals surface area contributed by atoms with Crippen molar-refractivity contribution in [1.29, 1.82) is 0 Å². The third-order valence-electron chi connectivity index (χ3n) is 12.3. The number of aromatic nitrogens is 1. The van der Waals surface area contributed by atoms with Gasteiger partial charge in [0.05, 0.1) is 28.1 Å². The first-order valence-corrected chi connectivity index (χ1v) is 22.9. The number of thioether (sulfide) groups is 1. The minimum Gasteiger partial charge on any atom is -0.309 e. The fourth-order valence-corrected chi connectivity index (χ4v) is 10.8. The van der Waals surface area contributed by atoms with Gasteiger partial charge in [-0.25, -0.2) is 0 Å². The molecule has 9 aromatic rings. The summed E-state index contributed by atoms with van der Waals surface area (Å²) in [5.41, 5.74) is 14.2. The molecule has 0 saturated carbocycles. The summed E-state index contributed by atoms with van der Waals surface area (Å²) < 4.78 is 2.42. The SMILES string of the molecule is CSc1ccccc1N(c1ccccc1)c1ccc(-c2ccc3c(c2)c2cc(C4(C)C=CC(N5c6ccccc6Sc6ccccc65)=CC4)ccc2n3-c2ccccc2)cc1. The standard InChI is InChI=1S/C56H43N3S2/c1-56(35-33-45(34-36-56)59-51-20-10-13-23-54(51)61-55-24-14-11-21-52(55)59)41-28-32-49-47(38-41)46-37-40(27-31-48(46)58(49)43-17-7-4-8-18-43)39-25-29-44(30-26-39)57(42-15-5-3-6-16-42)50-19-9-12-22-53(50)60-2/h3-35,37-38H,36H2,1-2H3. The summed E-state index contributed by atoms with van der Waals surface area (Å²) in [5, 5.41) is 2.51. The first-order chi connectivity index (χ1) is 30.1. The second-order valence-corrected chi connectivity index (χ2v) is 17.9. The van der Waals surface area contributed by atoms with Crippen LogP contribution < -0.4 is 9.80 Å². The molecule has 61 heavy (non-hydrogen) atoms. The van der Waals surface area contributed by atoms with Gasteiger partial charge in [0.25, 0.3) is 0 Å². The molecule has 11 rings (SSSR count). The number of rotatable bonds is 8. The molecule has 0 amide bonds. The molecule has 0 bridgehead atoms. The molecule has 5 heteroatoms. The third-order valence-corrected chi connectivity index (χ3v) is 14.2. The van der Waals surface area contributed by atoms with Crippen molar-refractivity contribution in [3.8, 4) is 16.8 Å². The highest BCUT2D eigenvalue weighted by Crippen LogP contribution is 2.51. The lowest BCUT2D eigenvalue weighted by molar-refractivity contribution is 0.596. The summed E-state index contributed by atoms with van der Waals surface area (Å²) in [6.45, 7) is 2.38. The highest BCUT2D eigenvalue weighted by molar-refractivity contribution is 7.99. The van der Waals surface area contributed by atoms with Gasteiger partial charge in [-0.3, -0.25) is 0 Å². The zero-order valence-electron chi connectivity index (χ0n) is 34.1. The third kappa shape index (κ3) is 6.57. The molecule has 1 atom stereocenters. The van der Waals surface area contributed by atoms with E-state index in [4.69, 9.17) is 0 Å². The molecular formula is C56H43N3S2. The molecular weight excluding hydrogens is 779 g/mol. The van der Waals surface area contributed by atoms with E-state index in [0.29, 0.717) is 0 Å².